The molecule has 34 heavy (non-hydrogen) atoms. The van der Waals surface area contributed by atoms with Gasteiger partial charge in [0.25, 0.3) is 11.8 Å². The van der Waals surface area contributed by atoms with E-state index in [0.29, 0.717) is 35.6 Å². The van der Waals surface area contributed by atoms with Crippen molar-refractivity contribution in [3.63, 3.8) is 0 Å². The van der Waals surface area contributed by atoms with Crippen molar-refractivity contribution in [1.82, 2.24) is 4.90 Å². The van der Waals surface area contributed by atoms with Crippen LogP contribution in [-0.2, 0) is 17.6 Å². The molecule has 2 aliphatic rings. The monoisotopic (exact) mass is 475 g/mol. The summed E-state index contributed by atoms with van der Waals surface area (Å²) in [6.07, 6.45) is 6.49. The fourth-order valence-corrected chi connectivity index (χ4v) is 6.56. The van der Waals surface area contributed by atoms with Crippen molar-refractivity contribution in [2.24, 2.45) is 11.7 Å². The molecule has 0 spiro atoms. The molecule has 3 aromatic rings. The first-order valence-electron chi connectivity index (χ1n) is 12.0. The first-order valence-corrected chi connectivity index (χ1v) is 12.9. The van der Waals surface area contributed by atoms with Gasteiger partial charge in [0, 0.05) is 23.5 Å². The van der Waals surface area contributed by atoms with E-state index in [9.17, 15) is 14.4 Å². The van der Waals surface area contributed by atoms with Gasteiger partial charge < -0.3 is 16.0 Å². The summed E-state index contributed by atoms with van der Waals surface area (Å²) in [6, 6.07) is 13.6. The van der Waals surface area contributed by atoms with Crippen molar-refractivity contribution >= 4 is 44.8 Å². The first-order chi connectivity index (χ1) is 16.5. The second-order valence-electron chi connectivity index (χ2n) is 9.24. The van der Waals surface area contributed by atoms with Crippen molar-refractivity contribution in [2.45, 2.75) is 44.9 Å². The molecule has 2 heterocycles. The Morgan fingerprint density at radius 1 is 0.971 bits per heavy atom. The van der Waals surface area contributed by atoms with Crippen LogP contribution in [0.1, 0.15) is 63.3 Å². The molecule has 7 heteroatoms. The number of benzene rings is 2. The number of rotatable bonds is 4. The van der Waals surface area contributed by atoms with Crippen LogP contribution >= 0.6 is 11.3 Å². The van der Waals surface area contributed by atoms with Gasteiger partial charge in [0.2, 0.25) is 5.91 Å². The molecule has 1 aliphatic carbocycles. The number of aryl methyl sites for hydroxylation is 1. The number of nitrogens with zero attached hydrogens (tertiary/aromatic N) is 1. The number of carbonyl (C=O) groups excluding carboxylic acids is 3. The number of hydrogen-bond donors (Lipinski definition) is 2. The zero-order valence-corrected chi connectivity index (χ0v) is 20.0. The van der Waals surface area contributed by atoms with Gasteiger partial charge in [-0.3, -0.25) is 14.4 Å². The molecule has 5 rings (SSSR count). The van der Waals surface area contributed by atoms with E-state index in [4.69, 9.17) is 5.73 Å². The minimum atomic E-state index is -0.480. The minimum absolute atomic E-state index is 0.0463. The lowest BCUT2D eigenvalue weighted by Crippen LogP contribution is -2.43. The molecule has 3 N–H and O–H groups in total. The average Bonchev–Trinajstić information content (AvgIpc) is 3.03. The average molecular weight is 476 g/mol. The fraction of sp³-hybridized carbons (Fsp3) is 0.370. The Morgan fingerprint density at radius 3 is 2.62 bits per heavy atom. The Kier molecular flexibility index (Phi) is 6.37. The normalized spacial score (nSPS) is 18.2. The first kappa shape index (κ1) is 22.6. The van der Waals surface area contributed by atoms with E-state index < -0.39 is 5.91 Å². The van der Waals surface area contributed by atoms with Crippen LogP contribution in [0, 0.1) is 5.92 Å². The van der Waals surface area contributed by atoms with Crippen molar-refractivity contribution in [2.75, 3.05) is 18.4 Å². The molecular formula is C27H29N3O3S. The summed E-state index contributed by atoms with van der Waals surface area (Å²) in [4.78, 5) is 41.8. The summed E-state index contributed by atoms with van der Waals surface area (Å²) in [7, 11) is 0. The summed E-state index contributed by atoms with van der Waals surface area (Å²) >= 11 is 1.49. The molecule has 176 valence electrons. The van der Waals surface area contributed by atoms with Crippen LogP contribution < -0.4 is 11.1 Å². The Balaban J connectivity index is 1.34. The van der Waals surface area contributed by atoms with Gasteiger partial charge >= 0.3 is 0 Å². The van der Waals surface area contributed by atoms with Crippen molar-refractivity contribution < 1.29 is 14.4 Å². The van der Waals surface area contributed by atoms with E-state index in [0.717, 1.165) is 59.7 Å². The predicted octanol–water partition coefficient (Wildman–Crippen LogP) is 4.76. The molecule has 0 bridgehead atoms. The lowest BCUT2D eigenvalue weighted by atomic mass is 9.95. The van der Waals surface area contributed by atoms with E-state index in [1.807, 2.05) is 42.5 Å². The highest BCUT2D eigenvalue weighted by atomic mass is 32.1. The number of carbonyl (C=O) groups is 3. The van der Waals surface area contributed by atoms with E-state index in [1.165, 1.54) is 11.3 Å². The van der Waals surface area contributed by atoms with Crippen LogP contribution in [0.2, 0.25) is 0 Å². The quantitative estimate of drug-likeness (QED) is 0.533. The Hall–Kier alpha value is -3.19. The standard InChI is InChI=1S/C27H29N3O3S/c28-24(31)23-21-12-2-1-3-14-22(21)34-26(23)29-25(32)18-10-7-15-30(16-18)27(33)20-13-6-9-17-8-4-5-11-19(17)20/h4-6,8-9,11,13,18H,1-3,7,10,12,14-16H2,(H2,28,31)(H,29,32). The van der Waals surface area contributed by atoms with Gasteiger partial charge in [0.1, 0.15) is 5.00 Å². The minimum Gasteiger partial charge on any atom is -0.365 e. The number of nitrogens with two attached hydrogens (primary N) is 1. The molecule has 1 saturated heterocycles. The van der Waals surface area contributed by atoms with Crippen LogP contribution in [0.25, 0.3) is 10.8 Å². The van der Waals surface area contributed by atoms with E-state index in [1.54, 1.807) is 4.90 Å². The Morgan fingerprint density at radius 2 is 1.76 bits per heavy atom. The third kappa shape index (κ3) is 4.32. The number of nitrogens with one attached hydrogen (secondary N) is 1. The van der Waals surface area contributed by atoms with E-state index >= 15 is 0 Å². The smallest absolute Gasteiger partial charge is 0.254 e. The number of piperidine rings is 1. The molecule has 1 unspecified atom stereocenters. The van der Waals surface area contributed by atoms with Crippen molar-refractivity contribution in [3.05, 3.63) is 64.0 Å². The molecule has 1 aliphatic heterocycles. The van der Waals surface area contributed by atoms with Crippen LogP contribution in [-0.4, -0.2) is 35.7 Å². The lowest BCUT2D eigenvalue weighted by molar-refractivity contribution is -0.121. The Labute approximate surface area is 203 Å². The molecule has 1 atom stereocenters. The molecule has 3 amide bonds. The van der Waals surface area contributed by atoms with Crippen LogP contribution in [0.5, 0.6) is 0 Å². The van der Waals surface area contributed by atoms with Crippen LogP contribution in [0.15, 0.2) is 42.5 Å². The second kappa shape index (κ2) is 9.58. The number of hydrogen-bond acceptors (Lipinski definition) is 4. The van der Waals surface area contributed by atoms with Crippen LogP contribution in [0.4, 0.5) is 5.00 Å². The number of fused-ring (bicyclic) bond motifs is 2. The number of thiophene rings is 1. The Bertz CT molecular complexity index is 1260. The van der Waals surface area contributed by atoms with Crippen LogP contribution in [0.3, 0.4) is 0 Å². The van der Waals surface area contributed by atoms with Gasteiger partial charge in [0.05, 0.1) is 11.5 Å². The summed E-state index contributed by atoms with van der Waals surface area (Å²) in [6.45, 7) is 0.997. The number of primary amides is 1. The molecule has 1 aromatic heterocycles. The largest absolute Gasteiger partial charge is 0.365 e. The highest BCUT2D eigenvalue weighted by molar-refractivity contribution is 7.17. The van der Waals surface area contributed by atoms with Crippen molar-refractivity contribution in [1.29, 1.82) is 0 Å². The van der Waals surface area contributed by atoms with Crippen molar-refractivity contribution in [3.8, 4) is 0 Å². The van der Waals surface area contributed by atoms with Gasteiger partial charge in [-0.05, 0) is 60.9 Å². The molecule has 0 saturated carbocycles. The molecule has 0 radical (unpaired) electrons. The van der Waals surface area contributed by atoms with Gasteiger partial charge in [-0.25, -0.2) is 0 Å². The molecule has 2 aromatic carbocycles. The van der Waals surface area contributed by atoms with Gasteiger partial charge in [-0.15, -0.1) is 11.3 Å². The number of likely N-dealkylation sites (tertiary alicyclic amines) is 1. The van der Waals surface area contributed by atoms with E-state index in [-0.39, 0.29) is 17.7 Å². The second-order valence-corrected chi connectivity index (χ2v) is 10.3. The summed E-state index contributed by atoms with van der Waals surface area (Å²) in [5, 5.41) is 5.53. The third-order valence-electron chi connectivity index (χ3n) is 7.00. The maximum absolute atomic E-state index is 13.4. The SMILES string of the molecule is NC(=O)c1c(NC(=O)C2CCCN(C(=O)c3cccc4ccccc34)C2)sc2c1CCCCC2. The van der Waals surface area contributed by atoms with E-state index in [2.05, 4.69) is 5.32 Å². The number of anilines is 1. The highest BCUT2D eigenvalue weighted by Crippen LogP contribution is 2.37. The zero-order valence-electron chi connectivity index (χ0n) is 19.1. The maximum atomic E-state index is 13.4. The van der Waals surface area contributed by atoms with Gasteiger partial charge in [-0.2, -0.15) is 0 Å². The lowest BCUT2D eigenvalue weighted by Gasteiger charge is -2.32. The highest BCUT2D eigenvalue weighted by Gasteiger charge is 2.31. The molecule has 6 nitrogen and oxygen atoms in total. The number of amides is 3. The fourth-order valence-electron chi connectivity index (χ4n) is 5.26. The zero-order chi connectivity index (χ0) is 23.7. The predicted molar refractivity (Wildman–Crippen MR) is 135 cm³/mol. The third-order valence-corrected chi connectivity index (χ3v) is 8.21. The van der Waals surface area contributed by atoms with Gasteiger partial charge in [-0.1, -0.05) is 42.8 Å². The topological polar surface area (TPSA) is 92.5 Å². The molecule has 1 fully saturated rings. The summed E-state index contributed by atoms with van der Waals surface area (Å²) in [5.41, 5.74) is 7.88. The maximum Gasteiger partial charge on any atom is 0.254 e. The summed E-state index contributed by atoms with van der Waals surface area (Å²) in [5.74, 6) is -0.995. The molecular weight excluding hydrogens is 446 g/mol. The summed E-state index contributed by atoms with van der Waals surface area (Å²) < 4.78 is 0. The van der Waals surface area contributed by atoms with Gasteiger partial charge in [0.15, 0.2) is 0 Å².